The van der Waals surface area contributed by atoms with Gasteiger partial charge in [0.05, 0.1) is 12.0 Å². The van der Waals surface area contributed by atoms with E-state index in [4.69, 9.17) is 17.0 Å². The highest BCUT2D eigenvalue weighted by Gasteiger charge is 2.14. The molecule has 2 rings (SSSR count). The minimum Gasteiger partial charge on any atom is -0.497 e. The molecule has 2 aromatic carbocycles. The van der Waals surface area contributed by atoms with Crippen molar-refractivity contribution in [2.75, 3.05) is 17.1 Å². The Balaban J connectivity index is 1.64. The number of carbonyl (C=O) groups excluding carboxylic acids is 1. The van der Waals surface area contributed by atoms with Crippen molar-refractivity contribution >= 4 is 44.6 Å². The maximum Gasteiger partial charge on any atom is 0.261 e. The monoisotopic (exact) mass is 547 g/mol. The Morgan fingerprint density at radius 2 is 1.30 bits per heavy atom. The average Bonchev–Trinajstić information content (AvgIpc) is 2.87. The molecule has 9 heteroatoms. The van der Waals surface area contributed by atoms with E-state index in [0.717, 1.165) is 19.3 Å². The zero-order valence-corrected chi connectivity index (χ0v) is 23.7. The van der Waals surface area contributed by atoms with Crippen molar-refractivity contribution in [1.82, 2.24) is 5.32 Å². The number of hydrogen-bond acceptors (Lipinski definition) is 5. The van der Waals surface area contributed by atoms with Gasteiger partial charge in [0.15, 0.2) is 5.11 Å². The van der Waals surface area contributed by atoms with E-state index in [0.29, 0.717) is 23.5 Å². The largest absolute Gasteiger partial charge is 0.497 e. The van der Waals surface area contributed by atoms with Crippen molar-refractivity contribution in [3.8, 4) is 5.75 Å². The Hall–Kier alpha value is -2.65. The van der Waals surface area contributed by atoms with Gasteiger partial charge in [-0.15, -0.1) is 0 Å². The number of sulfonamides is 1. The van der Waals surface area contributed by atoms with Crippen molar-refractivity contribution in [1.29, 1.82) is 0 Å². The van der Waals surface area contributed by atoms with Gasteiger partial charge in [0.2, 0.25) is 5.91 Å². The molecule has 1 amide bonds. The first-order valence-corrected chi connectivity index (χ1v) is 15.1. The number of carbonyl (C=O) groups is 1. The molecule has 0 saturated carbocycles. The number of methoxy groups -OCH3 is 1. The summed E-state index contributed by atoms with van der Waals surface area (Å²) < 4.78 is 32.9. The van der Waals surface area contributed by atoms with Crippen LogP contribution in [0.5, 0.6) is 5.75 Å². The molecule has 204 valence electrons. The Morgan fingerprint density at radius 1 is 0.784 bits per heavy atom. The molecule has 0 atom stereocenters. The summed E-state index contributed by atoms with van der Waals surface area (Å²) in [5.74, 6) is 0.525. The SMILES string of the molecule is CCCCCCCCCCCCCC(=O)NC(=S)Nc1ccc(S(=O)(=O)Nc2ccc(OC)cc2)cc1. The highest BCUT2D eigenvalue weighted by atomic mass is 32.2. The van der Waals surface area contributed by atoms with Crippen molar-refractivity contribution < 1.29 is 17.9 Å². The van der Waals surface area contributed by atoms with Crippen molar-refractivity contribution in [3.63, 3.8) is 0 Å². The standard InChI is InChI=1S/C28H41N3O4S2/c1-3-4-5-6-7-8-9-10-11-12-13-14-27(32)30-28(36)29-23-17-21-26(22-18-23)37(33,34)31-24-15-19-25(35-2)20-16-24/h15-22,31H,3-14H2,1-2H3,(H2,29,30,32,36). The summed E-state index contributed by atoms with van der Waals surface area (Å²) in [6.45, 7) is 2.24. The number of unbranched alkanes of at least 4 members (excludes halogenated alkanes) is 10. The highest BCUT2D eigenvalue weighted by molar-refractivity contribution is 7.92. The number of thiocarbonyl (C=S) groups is 1. The molecule has 3 N–H and O–H groups in total. The first kappa shape index (κ1) is 30.6. The van der Waals surface area contributed by atoms with Crippen molar-refractivity contribution in [2.45, 2.75) is 88.9 Å². The molecular weight excluding hydrogens is 506 g/mol. The fourth-order valence-electron chi connectivity index (χ4n) is 3.89. The van der Waals surface area contributed by atoms with Gasteiger partial charge in [-0.3, -0.25) is 9.52 Å². The Labute approximate surface area is 227 Å². The van der Waals surface area contributed by atoms with Gasteiger partial charge in [-0.25, -0.2) is 8.42 Å². The van der Waals surface area contributed by atoms with Crippen molar-refractivity contribution in [3.05, 3.63) is 48.5 Å². The second kappa shape index (κ2) is 17.0. The fourth-order valence-corrected chi connectivity index (χ4v) is 5.18. The number of ether oxygens (including phenoxy) is 1. The molecule has 0 heterocycles. The molecule has 0 spiro atoms. The van der Waals surface area contributed by atoms with E-state index < -0.39 is 10.0 Å². The molecule has 37 heavy (non-hydrogen) atoms. The van der Waals surface area contributed by atoms with Crippen LogP contribution in [0.15, 0.2) is 53.4 Å². The van der Waals surface area contributed by atoms with Crippen LogP contribution in [0, 0.1) is 0 Å². The zero-order valence-electron chi connectivity index (χ0n) is 22.1. The lowest BCUT2D eigenvalue weighted by Gasteiger charge is -2.11. The van der Waals surface area contributed by atoms with Gasteiger partial charge in [0.25, 0.3) is 10.0 Å². The van der Waals surface area contributed by atoms with Crippen LogP contribution in [0.2, 0.25) is 0 Å². The summed E-state index contributed by atoms with van der Waals surface area (Å²) in [7, 11) is -2.20. The van der Waals surface area contributed by atoms with Gasteiger partial charge in [0, 0.05) is 17.8 Å². The highest BCUT2D eigenvalue weighted by Crippen LogP contribution is 2.20. The summed E-state index contributed by atoms with van der Waals surface area (Å²) in [6, 6.07) is 12.8. The number of nitrogens with one attached hydrogen (secondary N) is 3. The molecule has 2 aromatic rings. The smallest absolute Gasteiger partial charge is 0.261 e. The number of benzene rings is 2. The predicted octanol–water partition coefficient (Wildman–Crippen LogP) is 7.01. The Morgan fingerprint density at radius 3 is 1.84 bits per heavy atom. The molecule has 0 aliphatic carbocycles. The van der Waals surface area contributed by atoms with Crippen LogP contribution in [0.4, 0.5) is 11.4 Å². The molecular formula is C28H41N3O4S2. The summed E-state index contributed by atoms with van der Waals surface area (Å²) in [4.78, 5) is 12.3. The average molecular weight is 548 g/mol. The van der Waals surface area contributed by atoms with Crippen LogP contribution < -0.4 is 20.1 Å². The van der Waals surface area contributed by atoms with Crippen LogP contribution in [0.25, 0.3) is 0 Å². The third-order valence-electron chi connectivity index (χ3n) is 6.03. The summed E-state index contributed by atoms with van der Waals surface area (Å²) in [6.07, 6.45) is 14.0. The number of anilines is 2. The van der Waals surface area contributed by atoms with Crippen LogP contribution in [0.1, 0.15) is 84.0 Å². The molecule has 0 radical (unpaired) electrons. The molecule has 0 bridgehead atoms. The minimum atomic E-state index is -3.74. The summed E-state index contributed by atoms with van der Waals surface area (Å²) in [5.41, 5.74) is 1.02. The fraction of sp³-hybridized carbons (Fsp3) is 0.500. The Bertz CT molecular complexity index is 1060. The third-order valence-corrected chi connectivity index (χ3v) is 7.63. The van der Waals surface area contributed by atoms with E-state index in [9.17, 15) is 13.2 Å². The first-order chi connectivity index (χ1) is 17.8. The van der Waals surface area contributed by atoms with Crippen LogP contribution >= 0.6 is 12.2 Å². The minimum absolute atomic E-state index is 0.111. The molecule has 0 saturated heterocycles. The number of hydrogen-bond donors (Lipinski definition) is 3. The third kappa shape index (κ3) is 12.4. The van der Waals surface area contributed by atoms with Gasteiger partial charge in [-0.1, -0.05) is 71.1 Å². The van der Waals surface area contributed by atoms with E-state index >= 15 is 0 Å². The Kier molecular flexibility index (Phi) is 14.0. The molecule has 0 aromatic heterocycles. The van der Waals surface area contributed by atoms with E-state index in [2.05, 4.69) is 22.3 Å². The van der Waals surface area contributed by atoms with Crippen LogP contribution in [-0.4, -0.2) is 26.5 Å². The van der Waals surface area contributed by atoms with Gasteiger partial charge < -0.3 is 15.4 Å². The lowest BCUT2D eigenvalue weighted by atomic mass is 10.1. The summed E-state index contributed by atoms with van der Waals surface area (Å²) >= 11 is 5.23. The van der Waals surface area contributed by atoms with Crippen molar-refractivity contribution in [2.24, 2.45) is 0 Å². The lowest BCUT2D eigenvalue weighted by molar-refractivity contribution is -0.119. The maximum absolute atomic E-state index is 12.6. The maximum atomic E-state index is 12.6. The first-order valence-electron chi connectivity index (χ1n) is 13.2. The zero-order chi connectivity index (χ0) is 26.9. The van der Waals surface area contributed by atoms with E-state index in [1.165, 1.54) is 63.5 Å². The second-order valence-corrected chi connectivity index (χ2v) is 11.2. The molecule has 7 nitrogen and oxygen atoms in total. The topological polar surface area (TPSA) is 96.5 Å². The molecule has 0 aliphatic rings. The van der Waals surface area contributed by atoms with Gasteiger partial charge in [-0.2, -0.15) is 0 Å². The van der Waals surface area contributed by atoms with E-state index in [1.54, 1.807) is 43.5 Å². The molecule has 0 fully saturated rings. The van der Waals surface area contributed by atoms with Gasteiger partial charge in [0.1, 0.15) is 5.75 Å². The van der Waals surface area contributed by atoms with Crippen LogP contribution in [-0.2, 0) is 14.8 Å². The number of amides is 1. The molecule has 0 aliphatic heterocycles. The predicted molar refractivity (Wildman–Crippen MR) is 156 cm³/mol. The quantitative estimate of drug-likeness (QED) is 0.146. The summed E-state index contributed by atoms with van der Waals surface area (Å²) in [5, 5.41) is 5.81. The van der Waals surface area contributed by atoms with Gasteiger partial charge >= 0.3 is 0 Å². The number of rotatable bonds is 17. The van der Waals surface area contributed by atoms with E-state index in [1.807, 2.05) is 0 Å². The lowest BCUT2D eigenvalue weighted by Crippen LogP contribution is -2.33. The normalized spacial score (nSPS) is 11.1. The molecule has 0 unspecified atom stereocenters. The van der Waals surface area contributed by atoms with Crippen LogP contribution in [0.3, 0.4) is 0 Å². The van der Waals surface area contributed by atoms with Gasteiger partial charge in [-0.05, 0) is 67.2 Å². The van der Waals surface area contributed by atoms with E-state index in [-0.39, 0.29) is 15.9 Å². The second-order valence-electron chi connectivity index (χ2n) is 9.15.